The highest BCUT2D eigenvalue weighted by molar-refractivity contribution is 6.21. The van der Waals surface area contributed by atoms with E-state index in [4.69, 9.17) is 11.6 Å². The van der Waals surface area contributed by atoms with Crippen molar-refractivity contribution in [2.45, 2.75) is 32.6 Å². The standard InChI is InChI=1S/C7H14Cl/c1-4-7(8)5-6(2)3/h4,6-7H,5H2,1-3H3. The highest BCUT2D eigenvalue weighted by Gasteiger charge is 2.02. The minimum atomic E-state index is 0.273. The van der Waals surface area contributed by atoms with Crippen molar-refractivity contribution in [3.8, 4) is 0 Å². The Labute approximate surface area is 57.2 Å². The third kappa shape index (κ3) is 4.45. The third-order valence-electron chi connectivity index (χ3n) is 1.06. The Morgan fingerprint density at radius 2 is 2.00 bits per heavy atom. The molecule has 1 atom stereocenters. The molecule has 0 aromatic heterocycles. The number of halogens is 1. The van der Waals surface area contributed by atoms with Crippen molar-refractivity contribution < 1.29 is 0 Å². The molecule has 8 heavy (non-hydrogen) atoms. The summed E-state index contributed by atoms with van der Waals surface area (Å²) in [6.07, 6.45) is 3.12. The fourth-order valence-corrected chi connectivity index (χ4v) is 0.943. The van der Waals surface area contributed by atoms with E-state index in [2.05, 4.69) is 13.8 Å². The van der Waals surface area contributed by atoms with Crippen LogP contribution in [0.5, 0.6) is 0 Å². The van der Waals surface area contributed by atoms with Gasteiger partial charge in [-0.25, -0.2) is 0 Å². The summed E-state index contributed by atoms with van der Waals surface area (Å²) in [6, 6.07) is 0. The van der Waals surface area contributed by atoms with Crippen molar-refractivity contribution >= 4 is 11.6 Å². The molecule has 0 aliphatic rings. The monoisotopic (exact) mass is 133 g/mol. The number of alkyl halides is 1. The molecule has 0 bridgehead atoms. The van der Waals surface area contributed by atoms with Gasteiger partial charge in [-0.15, -0.1) is 11.6 Å². The van der Waals surface area contributed by atoms with Crippen molar-refractivity contribution in [2.75, 3.05) is 0 Å². The van der Waals surface area contributed by atoms with E-state index in [-0.39, 0.29) is 5.38 Å². The van der Waals surface area contributed by atoms with Gasteiger partial charge in [0.1, 0.15) is 0 Å². The molecule has 1 heteroatoms. The summed E-state index contributed by atoms with van der Waals surface area (Å²) in [4.78, 5) is 0. The molecule has 0 spiro atoms. The molecular weight excluding hydrogens is 120 g/mol. The lowest BCUT2D eigenvalue weighted by Gasteiger charge is -2.07. The Morgan fingerprint density at radius 3 is 2.12 bits per heavy atom. The van der Waals surface area contributed by atoms with E-state index in [9.17, 15) is 0 Å². The molecule has 0 aromatic carbocycles. The second kappa shape index (κ2) is 4.20. The van der Waals surface area contributed by atoms with E-state index in [0.29, 0.717) is 5.92 Å². The molecule has 0 aliphatic heterocycles. The first-order chi connectivity index (χ1) is 3.66. The fourth-order valence-electron chi connectivity index (χ4n) is 0.586. The lowest BCUT2D eigenvalue weighted by atomic mass is 10.1. The SMILES string of the molecule is C[CH]C(Cl)CC(C)C. The minimum absolute atomic E-state index is 0.273. The summed E-state index contributed by atoms with van der Waals surface area (Å²) in [6.45, 7) is 6.36. The smallest absolute Gasteiger partial charge is 0.0367 e. The van der Waals surface area contributed by atoms with Crippen LogP contribution in [0.2, 0.25) is 0 Å². The van der Waals surface area contributed by atoms with Crippen LogP contribution in [0.4, 0.5) is 0 Å². The fraction of sp³-hybridized carbons (Fsp3) is 0.857. The predicted molar refractivity (Wildman–Crippen MR) is 39.1 cm³/mol. The van der Waals surface area contributed by atoms with Crippen LogP contribution < -0.4 is 0 Å². The van der Waals surface area contributed by atoms with Crippen molar-refractivity contribution in [1.29, 1.82) is 0 Å². The van der Waals surface area contributed by atoms with Gasteiger partial charge in [-0.05, 0) is 18.8 Å². The molecule has 49 valence electrons. The lowest BCUT2D eigenvalue weighted by Crippen LogP contribution is -2.01. The molecule has 0 aromatic rings. The van der Waals surface area contributed by atoms with Crippen molar-refractivity contribution in [2.24, 2.45) is 5.92 Å². The van der Waals surface area contributed by atoms with Crippen LogP contribution in [0.15, 0.2) is 0 Å². The largest absolute Gasteiger partial charge is 0.123 e. The van der Waals surface area contributed by atoms with Crippen molar-refractivity contribution in [3.63, 3.8) is 0 Å². The summed E-state index contributed by atoms with van der Waals surface area (Å²) in [5, 5.41) is 0.273. The Hall–Kier alpha value is 0.290. The minimum Gasteiger partial charge on any atom is -0.123 e. The van der Waals surface area contributed by atoms with E-state index in [1.807, 2.05) is 13.3 Å². The molecule has 0 aliphatic carbocycles. The van der Waals surface area contributed by atoms with Crippen LogP contribution in [0, 0.1) is 12.3 Å². The summed E-state index contributed by atoms with van der Waals surface area (Å²) in [5.74, 6) is 0.716. The molecule has 0 heterocycles. The zero-order valence-corrected chi connectivity index (χ0v) is 6.57. The van der Waals surface area contributed by atoms with Gasteiger partial charge in [0.05, 0.1) is 0 Å². The summed E-state index contributed by atoms with van der Waals surface area (Å²) in [7, 11) is 0. The summed E-state index contributed by atoms with van der Waals surface area (Å²) < 4.78 is 0. The van der Waals surface area contributed by atoms with Crippen molar-refractivity contribution in [1.82, 2.24) is 0 Å². The maximum atomic E-state index is 5.80. The molecule has 0 rings (SSSR count). The Kier molecular flexibility index (Phi) is 4.35. The second-order valence-electron chi connectivity index (χ2n) is 2.48. The Bertz CT molecular complexity index is 50.3. The average Bonchev–Trinajstić information content (AvgIpc) is 1.65. The average molecular weight is 134 g/mol. The molecule has 0 fully saturated rings. The molecular formula is C7H14Cl. The molecule has 1 radical (unpaired) electrons. The van der Waals surface area contributed by atoms with Crippen LogP contribution in [-0.2, 0) is 0 Å². The molecule has 0 nitrogen and oxygen atoms in total. The third-order valence-corrected chi connectivity index (χ3v) is 1.49. The van der Waals surface area contributed by atoms with E-state index < -0.39 is 0 Å². The van der Waals surface area contributed by atoms with Gasteiger partial charge in [0.2, 0.25) is 0 Å². The zero-order valence-electron chi connectivity index (χ0n) is 5.82. The molecule has 0 N–H and O–H groups in total. The first-order valence-electron chi connectivity index (χ1n) is 3.10. The van der Waals surface area contributed by atoms with Crippen LogP contribution in [-0.4, -0.2) is 5.38 Å². The Balaban J connectivity index is 3.10. The molecule has 0 saturated carbocycles. The van der Waals surface area contributed by atoms with E-state index in [1.54, 1.807) is 0 Å². The van der Waals surface area contributed by atoms with Gasteiger partial charge >= 0.3 is 0 Å². The maximum Gasteiger partial charge on any atom is 0.0367 e. The quantitative estimate of drug-likeness (QED) is 0.520. The normalized spacial score (nSPS) is 14.6. The van der Waals surface area contributed by atoms with Gasteiger partial charge in [-0.3, -0.25) is 0 Å². The zero-order chi connectivity index (χ0) is 6.57. The van der Waals surface area contributed by atoms with Gasteiger partial charge < -0.3 is 0 Å². The van der Waals surface area contributed by atoms with Crippen molar-refractivity contribution in [3.05, 3.63) is 6.42 Å². The van der Waals surface area contributed by atoms with Crippen LogP contribution >= 0.6 is 11.6 Å². The first-order valence-corrected chi connectivity index (χ1v) is 3.54. The summed E-state index contributed by atoms with van der Waals surface area (Å²) >= 11 is 5.80. The molecule has 1 unspecified atom stereocenters. The van der Waals surface area contributed by atoms with Crippen LogP contribution in [0.1, 0.15) is 27.2 Å². The van der Waals surface area contributed by atoms with E-state index >= 15 is 0 Å². The first kappa shape index (κ1) is 8.29. The van der Waals surface area contributed by atoms with Gasteiger partial charge in [0.15, 0.2) is 0 Å². The van der Waals surface area contributed by atoms with Crippen LogP contribution in [0.25, 0.3) is 0 Å². The second-order valence-corrected chi connectivity index (χ2v) is 3.04. The van der Waals surface area contributed by atoms with Gasteiger partial charge in [-0.2, -0.15) is 0 Å². The summed E-state index contributed by atoms with van der Waals surface area (Å²) in [5.41, 5.74) is 0. The Morgan fingerprint density at radius 1 is 1.50 bits per heavy atom. The highest BCUT2D eigenvalue weighted by Crippen LogP contribution is 2.11. The highest BCUT2D eigenvalue weighted by atomic mass is 35.5. The van der Waals surface area contributed by atoms with Gasteiger partial charge in [-0.1, -0.05) is 20.8 Å². The van der Waals surface area contributed by atoms with E-state index in [0.717, 1.165) is 6.42 Å². The topological polar surface area (TPSA) is 0 Å². The van der Waals surface area contributed by atoms with E-state index in [1.165, 1.54) is 0 Å². The van der Waals surface area contributed by atoms with Gasteiger partial charge in [0, 0.05) is 5.38 Å². The maximum absolute atomic E-state index is 5.80. The number of hydrogen-bond donors (Lipinski definition) is 0. The lowest BCUT2D eigenvalue weighted by molar-refractivity contribution is 0.587. The number of hydrogen-bond acceptors (Lipinski definition) is 0. The molecule has 0 saturated heterocycles. The number of rotatable bonds is 3. The van der Waals surface area contributed by atoms with Gasteiger partial charge in [0.25, 0.3) is 0 Å². The predicted octanol–water partition coefficient (Wildman–Crippen LogP) is 2.86. The molecule has 0 amide bonds. The van der Waals surface area contributed by atoms with Crippen LogP contribution in [0.3, 0.4) is 0 Å².